The molecule has 0 amide bonds. The van der Waals surface area contributed by atoms with Crippen LogP contribution in [0.1, 0.15) is 21.9 Å². The van der Waals surface area contributed by atoms with Crippen LogP contribution in [0.2, 0.25) is 0 Å². The molecular weight excluding hydrogens is 348 g/mol. The Hall–Kier alpha value is -1.53. The summed E-state index contributed by atoms with van der Waals surface area (Å²) in [6, 6.07) is 10.7. The Labute approximate surface area is 156 Å². The fraction of sp³-hybridized carbons (Fsp3) is 0.350. The highest BCUT2D eigenvalue weighted by Crippen LogP contribution is 2.35. The fourth-order valence-corrected chi connectivity index (χ4v) is 5.25. The predicted octanol–water partition coefficient (Wildman–Crippen LogP) is 4.39. The van der Waals surface area contributed by atoms with Crippen LogP contribution in [0.3, 0.4) is 0 Å². The van der Waals surface area contributed by atoms with Gasteiger partial charge in [-0.05, 0) is 29.3 Å². The summed E-state index contributed by atoms with van der Waals surface area (Å²) in [5.41, 5.74) is 3.83. The summed E-state index contributed by atoms with van der Waals surface area (Å²) in [6.45, 7) is 5.25. The van der Waals surface area contributed by atoms with Crippen LogP contribution in [0.15, 0.2) is 47.3 Å². The minimum atomic E-state index is 0.258. The molecule has 0 radical (unpaired) electrons. The third kappa shape index (κ3) is 3.70. The van der Waals surface area contributed by atoms with E-state index in [1.807, 2.05) is 6.20 Å². The van der Waals surface area contributed by atoms with Gasteiger partial charge < -0.3 is 5.11 Å². The highest BCUT2D eigenvalue weighted by atomic mass is 32.1. The third-order valence-corrected chi connectivity index (χ3v) is 6.69. The van der Waals surface area contributed by atoms with Crippen molar-refractivity contribution in [3.05, 3.63) is 63.3 Å². The minimum absolute atomic E-state index is 0.258. The van der Waals surface area contributed by atoms with Gasteiger partial charge in [-0.2, -0.15) is 11.3 Å². The highest BCUT2D eigenvalue weighted by molar-refractivity contribution is 7.15. The van der Waals surface area contributed by atoms with Crippen molar-refractivity contribution in [1.29, 1.82) is 0 Å². The standard InChI is InChI=1S/C20H22N2OS2/c1-14-2-4-15(5-3-14)20-21-8-18(25-20)10-22-9-17(12-23)19(11-22)16-6-7-24-13-16/h2-8,13,17,19,23H,9-12H2,1H3/t17-,19-/m0/s1. The number of likely N-dealkylation sites (tertiary alicyclic amines) is 1. The van der Waals surface area contributed by atoms with Crippen molar-refractivity contribution in [3.63, 3.8) is 0 Å². The van der Waals surface area contributed by atoms with Crippen LogP contribution in [0.5, 0.6) is 0 Å². The molecule has 3 heterocycles. The minimum Gasteiger partial charge on any atom is -0.396 e. The first-order valence-corrected chi connectivity index (χ1v) is 10.4. The first-order chi connectivity index (χ1) is 12.2. The van der Waals surface area contributed by atoms with Crippen LogP contribution in [-0.4, -0.2) is 34.7 Å². The van der Waals surface area contributed by atoms with Gasteiger partial charge in [0.2, 0.25) is 0 Å². The van der Waals surface area contributed by atoms with Gasteiger partial charge in [-0.15, -0.1) is 11.3 Å². The second-order valence-electron chi connectivity index (χ2n) is 6.80. The summed E-state index contributed by atoms with van der Waals surface area (Å²) in [4.78, 5) is 8.35. The molecule has 1 aliphatic rings. The Bertz CT molecular complexity index is 811. The molecule has 2 atom stereocenters. The number of hydrogen-bond acceptors (Lipinski definition) is 5. The van der Waals surface area contributed by atoms with Crippen molar-refractivity contribution < 1.29 is 5.11 Å². The zero-order chi connectivity index (χ0) is 17.2. The number of hydrogen-bond donors (Lipinski definition) is 1. The molecule has 1 N–H and O–H groups in total. The van der Waals surface area contributed by atoms with Gasteiger partial charge in [0.05, 0.1) is 0 Å². The summed E-state index contributed by atoms with van der Waals surface area (Å²) < 4.78 is 0. The van der Waals surface area contributed by atoms with Gasteiger partial charge in [0.1, 0.15) is 5.01 Å². The summed E-state index contributed by atoms with van der Waals surface area (Å²) in [5, 5.41) is 15.2. The summed E-state index contributed by atoms with van der Waals surface area (Å²) in [6.07, 6.45) is 2.01. The summed E-state index contributed by atoms with van der Waals surface area (Å²) in [7, 11) is 0. The quantitative estimate of drug-likeness (QED) is 0.724. The fourth-order valence-electron chi connectivity index (χ4n) is 3.57. The van der Waals surface area contributed by atoms with Gasteiger partial charge in [-0.1, -0.05) is 29.8 Å². The largest absolute Gasteiger partial charge is 0.396 e. The number of aromatic nitrogens is 1. The van der Waals surface area contributed by atoms with Gasteiger partial charge in [0.15, 0.2) is 0 Å². The Kier molecular flexibility index (Phi) is 4.99. The van der Waals surface area contributed by atoms with E-state index in [0.717, 1.165) is 24.6 Å². The monoisotopic (exact) mass is 370 g/mol. The second-order valence-corrected chi connectivity index (χ2v) is 8.69. The summed E-state index contributed by atoms with van der Waals surface area (Å²) >= 11 is 3.51. The Balaban J connectivity index is 1.45. The predicted molar refractivity (Wildman–Crippen MR) is 105 cm³/mol. The molecule has 0 unspecified atom stereocenters. The molecule has 0 aliphatic carbocycles. The zero-order valence-electron chi connectivity index (χ0n) is 14.3. The lowest BCUT2D eigenvalue weighted by molar-refractivity contribution is 0.214. The van der Waals surface area contributed by atoms with Crippen molar-refractivity contribution in [2.24, 2.45) is 5.92 Å². The van der Waals surface area contributed by atoms with Crippen molar-refractivity contribution in [1.82, 2.24) is 9.88 Å². The van der Waals surface area contributed by atoms with Crippen LogP contribution < -0.4 is 0 Å². The van der Waals surface area contributed by atoms with Crippen molar-refractivity contribution in [3.8, 4) is 10.6 Å². The molecule has 2 aromatic heterocycles. The summed E-state index contributed by atoms with van der Waals surface area (Å²) in [5.74, 6) is 0.778. The first-order valence-electron chi connectivity index (χ1n) is 8.60. The zero-order valence-corrected chi connectivity index (χ0v) is 15.9. The number of aryl methyl sites for hydroxylation is 1. The van der Waals surface area contributed by atoms with E-state index >= 15 is 0 Å². The smallest absolute Gasteiger partial charge is 0.123 e. The number of benzene rings is 1. The maximum atomic E-state index is 9.76. The number of nitrogens with zero attached hydrogens (tertiary/aromatic N) is 2. The number of thiophene rings is 1. The molecule has 1 fully saturated rings. The molecule has 1 aromatic carbocycles. The van der Waals surface area contributed by atoms with Crippen molar-refractivity contribution in [2.45, 2.75) is 19.4 Å². The second kappa shape index (κ2) is 7.38. The van der Waals surface area contributed by atoms with Crippen LogP contribution >= 0.6 is 22.7 Å². The van der Waals surface area contributed by atoms with Gasteiger partial charge in [-0.3, -0.25) is 4.90 Å². The topological polar surface area (TPSA) is 36.4 Å². The molecule has 3 nitrogen and oxygen atoms in total. The van der Waals surface area contributed by atoms with E-state index in [-0.39, 0.29) is 6.61 Å². The van der Waals surface area contributed by atoms with E-state index in [4.69, 9.17) is 0 Å². The van der Waals surface area contributed by atoms with Gasteiger partial charge in [-0.25, -0.2) is 4.98 Å². The molecule has 25 heavy (non-hydrogen) atoms. The van der Waals surface area contributed by atoms with E-state index in [0.29, 0.717) is 11.8 Å². The number of rotatable bonds is 5. The molecule has 1 aliphatic heterocycles. The van der Waals surface area contributed by atoms with Crippen LogP contribution in [0, 0.1) is 12.8 Å². The number of thiazole rings is 1. The van der Waals surface area contributed by atoms with Crippen LogP contribution in [-0.2, 0) is 6.54 Å². The molecule has 5 heteroatoms. The van der Waals surface area contributed by atoms with E-state index in [9.17, 15) is 5.11 Å². The molecule has 0 bridgehead atoms. The number of aliphatic hydroxyl groups is 1. The van der Waals surface area contributed by atoms with E-state index in [2.05, 4.69) is 57.9 Å². The van der Waals surface area contributed by atoms with E-state index in [1.54, 1.807) is 22.7 Å². The average molecular weight is 371 g/mol. The molecule has 4 rings (SSSR count). The SMILES string of the molecule is Cc1ccc(-c2ncc(CN3C[C@@H](CO)[C@H](c4ccsc4)C3)s2)cc1. The van der Waals surface area contributed by atoms with Gasteiger partial charge in [0, 0.05) is 54.7 Å². The number of aliphatic hydroxyl groups excluding tert-OH is 1. The first kappa shape index (κ1) is 16.9. The molecule has 0 spiro atoms. The van der Waals surface area contributed by atoms with E-state index in [1.165, 1.54) is 21.6 Å². The van der Waals surface area contributed by atoms with Crippen molar-refractivity contribution >= 4 is 22.7 Å². The Morgan fingerprint density at radius 1 is 1.20 bits per heavy atom. The molecule has 0 saturated carbocycles. The molecule has 1 saturated heterocycles. The molecule has 130 valence electrons. The van der Waals surface area contributed by atoms with Gasteiger partial charge in [0.25, 0.3) is 0 Å². The van der Waals surface area contributed by atoms with Gasteiger partial charge >= 0.3 is 0 Å². The third-order valence-electron chi connectivity index (χ3n) is 4.95. The lowest BCUT2D eigenvalue weighted by atomic mass is 9.92. The maximum absolute atomic E-state index is 9.76. The van der Waals surface area contributed by atoms with Crippen molar-refractivity contribution in [2.75, 3.05) is 19.7 Å². The highest BCUT2D eigenvalue weighted by Gasteiger charge is 2.33. The molecular formula is C20H22N2OS2. The Morgan fingerprint density at radius 3 is 2.76 bits per heavy atom. The Morgan fingerprint density at radius 2 is 2.04 bits per heavy atom. The lowest BCUT2D eigenvalue weighted by Crippen LogP contribution is -2.20. The maximum Gasteiger partial charge on any atom is 0.123 e. The van der Waals surface area contributed by atoms with Crippen LogP contribution in [0.4, 0.5) is 0 Å². The van der Waals surface area contributed by atoms with Crippen LogP contribution in [0.25, 0.3) is 10.6 Å². The lowest BCUT2D eigenvalue weighted by Gasteiger charge is -2.14. The average Bonchev–Trinajstić information content (AvgIpc) is 3.36. The van der Waals surface area contributed by atoms with E-state index < -0.39 is 0 Å². The normalized spacial score (nSPS) is 21.0. The molecule has 3 aromatic rings.